The van der Waals surface area contributed by atoms with Crippen LogP contribution >= 0.6 is 23.2 Å². The molecule has 2 amide bonds. The minimum Gasteiger partial charge on any atom is -0.368 e. The molecule has 136 valence electrons. The molecule has 1 saturated heterocycles. The van der Waals surface area contributed by atoms with Gasteiger partial charge >= 0.3 is 6.03 Å². The lowest BCUT2D eigenvalue weighted by Gasteiger charge is -2.36. The summed E-state index contributed by atoms with van der Waals surface area (Å²) in [6.07, 6.45) is 0. The quantitative estimate of drug-likeness (QED) is 0.780. The first kappa shape index (κ1) is 18.5. The Morgan fingerprint density at radius 2 is 1.69 bits per heavy atom. The Morgan fingerprint density at radius 3 is 2.35 bits per heavy atom. The van der Waals surface area contributed by atoms with Crippen LogP contribution in [0.3, 0.4) is 0 Å². The first-order valence-corrected chi connectivity index (χ1v) is 9.06. The number of ketones is 1. The van der Waals surface area contributed by atoms with E-state index in [-0.39, 0.29) is 11.8 Å². The molecule has 0 bridgehead atoms. The lowest BCUT2D eigenvalue weighted by Crippen LogP contribution is -2.50. The Morgan fingerprint density at radius 1 is 0.962 bits per heavy atom. The molecule has 1 fully saturated rings. The van der Waals surface area contributed by atoms with Crippen molar-refractivity contribution in [2.24, 2.45) is 0 Å². The number of nitrogens with one attached hydrogen (secondary N) is 1. The molecule has 7 heteroatoms. The van der Waals surface area contributed by atoms with E-state index in [9.17, 15) is 9.59 Å². The molecule has 5 nitrogen and oxygen atoms in total. The SMILES string of the molecule is CC(=O)c1cccc(NC(=O)N2CCN(c3ccc(Cl)c(Cl)c3)CC2)c1. The molecule has 0 spiro atoms. The van der Waals surface area contributed by atoms with E-state index in [1.165, 1.54) is 6.92 Å². The van der Waals surface area contributed by atoms with Gasteiger partial charge in [0.2, 0.25) is 0 Å². The van der Waals surface area contributed by atoms with Gasteiger partial charge in [-0.25, -0.2) is 4.79 Å². The summed E-state index contributed by atoms with van der Waals surface area (Å²) < 4.78 is 0. The van der Waals surface area contributed by atoms with Gasteiger partial charge in [-0.2, -0.15) is 0 Å². The number of Topliss-reactive ketones (excluding diaryl/α,β-unsaturated/α-hetero) is 1. The Hall–Kier alpha value is -2.24. The number of nitrogens with zero attached hydrogens (tertiary/aromatic N) is 2. The standard InChI is InChI=1S/C19H19Cl2N3O2/c1-13(25)14-3-2-4-15(11-14)22-19(26)24-9-7-23(8-10-24)16-5-6-17(20)18(21)12-16/h2-6,11-12H,7-10H2,1H3,(H,22,26). The van der Waals surface area contributed by atoms with Crippen LogP contribution in [0.4, 0.5) is 16.2 Å². The summed E-state index contributed by atoms with van der Waals surface area (Å²) >= 11 is 12.0. The number of anilines is 2. The number of carbonyl (C=O) groups is 2. The Bertz CT molecular complexity index is 833. The number of piperazine rings is 1. The molecular formula is C19H19Cl2N3O2. The third kappa shape index (κ3) is 4.29. The van der Waals surface area contributed by atoms with Gasteiger partial charge in [0, 0.05) is 43.1 Å². The van der Waals surface area contributed by atoms with Crippen LogP contribution < -0.4 is 10.2 Å². The number of benzene rings is 2. The predicted molar refractivity (Wildman–Crippen MR) is 106 cm³/mol. The summed E-state index contributed by atoms with van der Waals surface area (Å²) in [5.41, 5.74) is 2.19. The van der Waals surface area contributed by atoms with Crippen LogP contribution in [0.2, 0.25) is 10.0 Å². The molecule has 1 N–H and O–H groups in total. The number of hydrogen-bond donors (Lipinski definition) is 1. The van der Waals surface area contributed by atoms with Crippen molar-refractivity contribution in [1.82, 2.24) is 4.90 Å². The predicted octanol–water partition coefficient (Wildman–Crippen LogP) is 4.55. The van der Waals surface area contributed by atoms with Crippen LogP contribution in [0.5, 0.6) is 0 Å². The third-order valence-corrected chi connectivity index (χ3v) is 5.09. The van der Waals surface area contributed by atoms with Gasteiger partial charge < -0.3 is 15.1 Å². The van der Waals surface area contributed by atoms with Gasteiger partial charge in [-0.05, 0) is 37.3 Å². The van der Waals surface area contributed by atoms with E-state index in [1.807, 2.05) is 12.1 Å². The van der Waals surface area contributed by atoms with Gasteiger partial charge in [0.05, 0.1) is 10.0 Å². The van der Waals surface area contributed by atoms with Crippen molar-refractivity contribution in [2.75, 3.05) is 36.4 Å². The second kappa shape index (κ2) is 7.98. The zero-order valence-corrected chi connectivity index (χ0v) is 15.8. The maximum Gasteiger partial charge on any atom is 0.321 e. The van der Waals surface area contributed by atoms with E-state index >= 15 is 0 Å². The summed E-state index contributed by atoms with van der Waals surface area (Å²) in [7, 11) is 0. The van der Waals surface area contributed by atoms with Crippen molar-refractivity contribution in [3.05, 3.63) is 58.1 Å². The largest absolute Gasteiger partial charge is 0.368 e. The van der Waals surface area contributed by atoms with E-state index < -0.39 is 0 Å². The molecule has 2 aromatic rings. The van der Waals surface area contributed by atoms with E-state index in [4.69, 9.17) is 23.2 Å². The highest BCUT2D eigenvalue weighted by Gasteiger charge is 2.22. The number of hydrogen-bond acceptors (Lipinski definition) is 3. The van der Waals surface area contributed by atoms with Crippen molar-refractivity contribution in [3.63, 3.8) is 0 Å². The van der Waals surface area contributed by atoms with Gasteiger partial charge in [-0.15, -0.1) is 0 Å². The maximum atomic E-state index is 12.5. The van der Waals surface area contributed by atoms with E-state index in [0.717, 1.165) is 5.69 Å². The smallest absolute Gasteiger partial charge is 0.321 e. The summed E-state index contributed by atoms with van der Waals surface area (Å²) in [6, 6.07) is 12.3. The first-order valence-electron chi connectivity index (χ1n) is 8.31. The van der Waals surface area contributed by atoms with Crippen LogP contribution in [-0.2, 0) is 0 Å². The van der Waals surface area contributed by atoms with Gasteiger partial charge in [0.15, 0.2) is 5.78 Å². The van der Waals surface area contributed by atoms with Crippen LogP contribution in [0, 0.1) is 0 Å². The lowest BCUT2D eigenvalue weighted by molar-refractivity contribution is 0.101. The molecular weight excluding hydrogens is 373 g/mol. The Kier molecular flexibility index (Phi) is 5.69. The maximum absolute atomic E-state index is 12.5. The number of amides is 2. The molecule has 0 saturated carbocycles. The molecule has 1 heterocycles. The highest BCUT2D eigenvalue weighted by atomic mass is 35.5. The third-order valence-electron chi connectivity index (χ3n) is 4.36. The number of carbonyl (C=O) groups excluding carboxylic acids is 2. The summed E-state index contributed by atoms with van der Waals surface area (Å²) in [5, 5.41) is 3.91. The van der Waals surface area contributed by atoms with Crippen molar-refractivity contribution in [3.8, 4) is 0 Å². The van der Waals surface area contributed by atoms with Crippen molar-refractivity contribution in [1.29, 1.82) is 0 Å². The summed E-state index contributed by atoms with van der Waals surface area (Å²) in [4.78, 5) is 27.8. The minimum absolute atomic E-state index is 0.0312. The molecule has 0 unspecified atom stereocenters. The molecule has 1 aliphatic heterocycles. The molecule has 0 aromatic heterocycles. The average molecular weight is 392 g/mol. The lowest BCUT2D eigenvalue weighted by atomic mass is 10.1. The Balaban J connectivity index is 1.59. The minimum atomic E-state index is -0.167. The fraction of sp³-hybridized carbons (Fsp3) is 0.263. The molecule has 1 aliphatic rings. The fourth-order valence-electron chi connectivity index (χ4n) is 2.87. The fourth-order valence-corrected chi connectivity index (χ4v) is 3.16. The van der Waals surface area contributed by atoms with Crippen molar-refractivity contribution in [2.45, 2.75) is 6.92 Å². The number of halogens is 2. The van der Waals surface area contributed by atoms with Gasteiger partial charge in [0.25, 0.3) is 0 Å². The van der Waals surface area contributed by atoms with Crippen LogP contribution in [0.15, 0.2) is 42.5 Å². The van der Waals surface area contributed by atoms with E-state index in [1.54, 1.807) is 35.2 Å². The normalized spacial score (nSPS) is 14.3. The molecule has 26 heavy (non-hydrogen) atoms. The van der Waals surface area contributed by atoms with Crippen LogP contribution in [0.1, 0.15) is 17.3 Å². The summed E-state index contributed by atoms with van der Waals surface area (Å²) in [5.74, 6) is -0.0312. The average Bonchev–Trinajstić information content (AvgIpc) is 2.64. The van der Waals surface area contributed by atoms with Gasteiger partial charge in [-0.1, -0.05) is 35.3 Å². The first-order chi connectivity index (χ1) is 12.4. The highest BCUT2D eigenvalue weighted by Crippen LogP contribution is 2.27. The molecule has 0 atom stereocenters. The number of urea groups is 1. The van der Waals surface area contributed by atoms with Crippen LogP contribution in [-0.4, -0.2) is 42.9 Å². The molecule has 2 aromatic carbocycles. The summed E-state index contributed by atoms with van der Waals surface area (Å²) in [6.45, 7) is 4.11. The van der Waals surface area contributed by atoms with E-state index in [0.29, 0.717) is 47.5 Å². The van der Waals surface area contributed by atoms with Crippen LogP contribution in [0.25, 0.3) is 0 Å². The molecule has 3 rings (SSSR count). The van der Waals surface area contributed by atoms with Crippen molar-refractivity contribution < 1.29 is 9.59 Å². The van der Waals surface area contributed by atoms with Gasteiger partial charge in [-0.3, -0.25) is 4.79 Å². The second-order valence-corrected chi connectivity index (χ2v) is 6.95. The highest BCUT2D eigenvalue weighted by molar-refractivity contribution is 6.42. The molecule has 0 radical (unpaired) electrons. The van der Waals surface area contributed by atoms with Crippen molar-refractivity contribution >= 4 is 46.4 Å². The van der Waals surface area contributed by atoms with E-state index in [2.05, 4.69) is 10.2 Å². The monoisotopic (exact) mass is 391 g/mol. The van der Waals surface area contributed by atoms with Gasteiger partial charge in [0.1, 0.15) is 0 Å². The zero-order valence-electron chi connectivity index (χ0n) is 14.3. The topological polar surface area (TPSA) is 52.7 Å². The Labute approximate surface area is 162 Å². The number of rotatable bonds is 3. The molecule has 0 aliphatic carbocycles. The second-order valence-electron chi connectivity index (χ2n) is 6.14. The zero-order chi connectivity index (χ0) is 18.7.